The first-order chi connectivity index (χ1) is 10.2. The van der Waals surface area contributed by atoms with Crippen molar-refractivity contribution in [1.82, 2.24) is 5.32 Å². The van der Waals surface area contributed by atoms with Crippen LogP contribution in [-0.2, 0) is 11.2 Å². The Morgan fingerprint density at radius 1 is 1.29 bits per heavy atom. The molecule has 1 N–H and O–H groups in total. The van der Waals surface area contributed by atoms with Crippen LogP contribution in [0.2, 0.25) is 0 Å². The van der Waals surface area contributed by atoms with E-state index in [9.17, 15) is 4.39 Å². The zero-order chi connectivity index (χ0) is 15.2. The fraction of sp³-hybridized carbons (Fsp3) is 0.667. The number of halogens is 1. The van der Waals surface area contributed by atoms with Gasteiger partial charge in [0.05, 0.1) is 6.10 Å². The molecule has 0 spiro atoms. The molecule has 0 bridgehead atoms. The Balaban J connectivity index is 2.09. The average Bonchev–Trinajstić information content (AvgIpc) is 2.50. The third-order valence-electron chi connectivity index (χ3n) is 4.90. The van der Waals surface area contributed by atoms with Gasteiger partial charge in [0.2, 0.25) is 0 Å². The quantitative estimate of drug-likeness (QED) is 0.860. The van der Waals surface area contributed by atoms with Crippen LogP contribution in [0.4, 0.5) is 4.39 Å². The number of hydrogen-bond donors (Lipinski definition) is 1. The molecular formula is C18H28FNO. The van der Waals surface area contributed by atoms with Crippen molar-refractivity contribution in [2.24, 2.45) is 5.92 Å². The molecule has 1 aromatic carbocycles. The Morgan fingerprint density at radius 3 is 2.57 bits per heavy atom. The summed E-state index contributed by atoms with van der Waals surface area (Å²) in [5.41, 5.74) is 2.22. The maximum Gasteiger partial charge on any atom is 0.123 e. The molecule has 0 aliphatic heterocycles. The van der Waals surface area contributed by atoms with Crippen molar-refractivity contribution in [3.8, 4) is 0 Å². The molecule has 0 heterocycles. The lowest BCUT2D eigenvalue weighted by atomic mass is 9.81. The van der Waals surface area contributed by atoms with Gasteiger partial charge in [0, 0.05) is 13.2 Å². The van der Waals surface area contributed by atoms with Crippen molar-refractivity contribution in [3.05, 3.63) is 35.1 Å². The largest absolute Gasteiger partial charge is 0.380 e. The first-order valence-electron chi connectivity index (χ1n) is 8.10. The highest BCUT2D eigenvalue weighted by atomic mass is 19.1. The van der Waals surface area contributed by atoms with Crippen molar-refractivity contribution in [2.75, 3.05) is 14.2 Å². The Labute approximate surface area is 128 Å². The molecule has 21 heavy (non-hydrogen) atoms. The van der Waals surface area contributed by atoms with Gasteiger partial charge >= 0.3 is 0 Å². The summed E-state index contributed by atoms with van der Waals surface area (Å²) in [5.74, 6) is 0.481. The molecule has 1 fully saturated rings. The smallest absolute Gasteiger partial charge is 0.123 e. The second-order valence-electron chi connectivity index (χ2n) is 6.27. The molecule has 0 saturated heterocycles. The van der Waals surface area contributed by atoms with Crippen molar-refractivity contribution in [1.29, 1.82) is 0 Å². The van der Waals surface area contributed by atoms with Crippen LogP contribution in [-0.4, -0.2) is 26.3 Å². The van der Waals surface area contributed by atoms with Gasteiger partial charge in [0.1, 0.15) is 5.82 Å². The molecule has 2 nitrogen and oxygen atoms in total. The highest BCUT2D eigenvalue weighted by Gasteiger charge is 2.30. The molecule has 118 valence electrons. The fourth-order valence-electron chi connectivity index (χ4n) is 3.66. The van der Waals surface area contributed by atoms with Gasteiger partial charge in [-0.05, 0) is 62.4 Å². The summed E-state index contributed by atoms with van der Waals surface area (Å²) in [4.78, 5) is 0. The lowest BCUT2D eigenvalue weighted by Crippen LogP contribution is -2.45. The predicted molar refractivity (Wildman–Crippen MR) is 85.1 cm³/mol. The third-order valence-corrected chi connectivity index (χ3v) is 4.90. The molecular weight excluding hydrogens is 265 g/mol. The maximum atomic E-state index is 13.2. The summed E-state index contributed by atoms with van der Waals surface area (Å²) in [7, 11) is 3.82. The Hall–Kier alpha value is -0.930. The van der Waals surface area contributed by atoms with E-state index in [1.165, 1.54) is 37.7 Å². The minimum absolute atomic E-state index is 0.159. The van der Waals surface area contributed by atoms with E-state index in [4.69, 9.17) is 4.74 Å². The van der Waals surface area contributed by atoms with Crippen LogP contribution in [0.1, 0.15) is 43.2 Å². The second kappa shape index (κ2) is 7.90. The average molecular weight is 293 g/mol. The van der Waals surface area contributed by atoms with Crippen molar-refractivity contribution in [3.63, 3.8) is 0 Å². The maximum absolute atomic E-state index is 13.2. The molecule has 2 rings (SSSR count). The summed E-state index contributed by atoms with van der Waals surface area (Å²) in [5, 5.41) is 3.42. The van der Waals surface area contributed by atoms with Crippen LogP contribution < -0.4 is 5.32 Å². The molecule has 2 atom stereocenters. The summed E-state index contributed by atoms with van der Waals surface area (Å²) in [6, 6.07) is 5.35. The highest BCUT2D eigenvalue weighted by molar-refractivity contribution is 5.27. The SMILES string of the molecule is CNC(Cc1ccc(F)cc1C)C(OC)C1CCCCC1. The normalized spacial score (nSPS) is 19.4. The zero-order valence-corrected chi connectivity index (χ0v) is 13.5. The number of methoxy groups -OCH3 is 1. The standard InChI is InChI=1S/C18H28FNO/c1-13-11-16(19)10-9-15(13)12-17(20-2)18(21-3)14-7-5-4-6-8-14/h9-11,14,17-18,20H,4-8,12H2,1-3H3. The molecule has 1 aliphatic carbocycles. The van der Waals surface area contributed by atoms with Gasteiger partial charge in [-0.2, -0.15) is 0 Å². The minimum Gasteiger partial charge on any atom is -0.380 e. The lowest BCUT2D eigenvalue weighted by molar-refractivity contribution is 0.0101. The van der Waals surface area contributed by atoms with E-state index in [0.29, 0.717) is 5.92 Å². The van der Waals surface area contributed by atoms with Gasteiger partial charge in [-0.1, -0.05) is 25.3 Å². The number of nitrogens with one attached hydrogen (secondary N) is 1. The highest BCUT2D eigenvalue weighted by Crippen LogP contribution is 2.30. The van der Waals surface area contributed by atoms with E-state index in [1.54, 1.807) is 12.1 Å². The van der Waals surface area contributed by atoms with Gasteiger partial charge in [-0.15, -0.1) is 0 Å². The monoisotopic (exact) mass is 293 g/mol. The minimum atomic E-state index is -0.159. The Bertz CT molecular complexity index is 443. The van der Waals surface area contributed by atoms with Gasteiger partial charge in [0.15, 0.2) is 0 Å². The molecule has 0 amide bonds. The molecule has 2 unspecified atom stereocenters. The number of hydrogen-bond acceptors (Lipinski definition) is 2. The van der Waals surface area contributed by atoms with Gasteiger partial charge < -0.3 is 10.1 Å². The van der Waals surface area contributed by atoms with Crippen molar-refractivity contribution < 1.29 is 9.13 Å². The van der Waals surface area contributed by atoms with Crippen molar-refractivity contribution in [2.45, 2.75) is 57.6 Å². The zero-order valence-electron chi connectivity index (χ0n) is 13.5. The number of rotatable bonds is 6. The number of aryl methyl sites for hydroxylation is 1. The summed E-state index contributed by atoms with van der Waals surface area (Å²) in [6.45, 7) is 1.98. The van der Waals surface area contributed by atoms with Crippen molar-refractivity contribution >= 4 is 0 Å². The second-order valence-corrected chi connectivity index (χ2v) is 6.27. The van der Waals surface area contributed by atoms with E-state index in [2.05, 4.69) is 5.32 Å². The molecule has 1 aromatic rings. The molecule has 1 aliphatic rings. The molecule has 0 aromatic heterocycles. The van der Waals surface area contributed by atoms with Gasteiger partial charge in [-0.3, -0.25) is 0 Å². The van der Waals surface area contributed by atoms with E-state index in [1.807, 2.05) is 27.1 Å². The van der Waals surface area contributed by atoms with E-state index in [-0.39, 0.29) is 18.0 Å². The van der Waals surface area contributed by atoms with Crippen LogP contribution in [0.15, 0.2) is 18.2 Å². The fourth-order valence-corrected chi connectivity index (χ4v) is 3.66. The van der Waals surface area contributed by atoms with Crippen LogP contribution in [0.5, 0.6) is 0 Å². The van der Waals surface area contributed by atoms with Gasteiger partial charge in [0.25, 0.3) is 0 Å². The summed E-state index contributed by atoms with van der Waals surface area (Å²) < 4.78 is 19.1. The summed E-state index contributed by atoms with van der Waals surface area (Å²) >= 11 is 0. The Morgan fingerprint density at radius 2 is 2.00 bits per heavy atom. The predicted octanol–water partition coefficient (Wildman–Crippen LogP) is 3.86. The van der Waals surface area contributed by atoms with E-state index >= 15 is 0 Å². The first kappa shape index (κ1) is 16.4. The van der Waals surface area contributed by atoms with Gasteiger partial charge in [-0.25, -0.2) is 4.39 Å². The van der Waals surface area contributed by atoms with Crippen LogP contribution in [0.3, 0.4) is 0 Å². The first-order valence-corrected chi connectivity index (χ1v) is 8.10. The lowest BCUT2D eigenvalue weighted by Gasteiger charge is -2.35. The van der Waals surface area contributed by atoms with Crippen LogP contribution in [0, 0.1) is 18.7 Å². The molecule has 0 radical (unpaired) electrons. The topological polar surface area (TPSA) is 21.3 Å². The summed E-state index contributed by atoms with van der Waals surface area (Å²) in [6.07, 6.45) is 7.64. The molecule has 3 heteroatoms. The Kier molecular flexibility index (Phi) is 6.19. The van der Waals surface area contributed by atoms with E-state index < -0.39 is 0 Å². The third kappa shape index (κ3) is 4.27. The van der Waals surface area contributed by atoms with Crippen LogP contribution in [0.25, 0.3) is 0 Å². The number of likely N-dealkylation sites (N-methyl/N-ethyl adjacent to an activating group) is 1. The molecule has 1 saturated carbocycles. The number of benzene rings is 1. The number of ether oxygens (including phenoxy) is 1. The van der Waals surface area contributed by atoms with Crippen LogP contribution >= 0.6 is 0 Å². The van der Waals surface area contributed by atoms with E-state index in [0.717, 1.165) is 12.0 Å².